The van der Waals surface area contributed by atoms with E-state index in [1.165, 1.54) is 10.7 Å². The molecule has 7 aromatic rings. The SMILES string of the molecule is Cn1c(=O)c2ccc(-c3cnc(N4CCN(C(=O)OC(C)(C)C)CC4)nc3)cc2n1Cc1cc(COC(c2ccccc2)(c2ccccc2)c2ccccc2)ccc1OC(F)F. The molecule has 13 heteroatoms. The first-order valence-corrected chi connectivity index (χ1v) is 20.5. The Balaban J connectivity index is 1.08. The van der Waals surface area contributed by atoms with Gasteiger partial charge in [-0.2, -0.15) is 8.78 Å². The maximum Gasteiger partial charge on any atom is 0.410 e. The van der Waals surface area contributed by atoms with Crippen molar-refractivity contribution in [1.82, 2.24) is 24.2 Å². The van der Waals surface area contributed by atoms with Crippen LogP contribution in [0.2, 0.25) is 0 Å². The van der Waals surface area contributed by atoms with E-state index >= 15 is 0 Å². The Kier molecular flexibility index (Phi) is 11.9. The summed E-state index contributed by atoms with van der Waals surface area (Å²) in [7, 11) is 1.65. The lowest BCUT2D eigenvalue weighted by Crippen LogP contribution is -2.50. The van der Waals surface area contributed by atoms with Crippen molar-refractivity contribution in [3.8, 4) is 16.9 Å². The molecule has 8 rings (SSSR count). The van der Waals surface area contributed by atoms with Crippen molar-refractivity contribution in [2.24, 2.45) is 7.05 Å². The zero-order valence-corrected chi connectivity index (χ0v) is 35.1. The molecule has 0 aliphatic carbocycles. The van der Waals surface area contributed by atoms with Crippen molar-refractivity contribution in [2.75, 3.05) is 31.1 Å². The number of carbonyl (C=O) groups excluding carboxylic acids is 1. The maximum atomic E-state index is 13.9. The Hall–Kier alpha value is -6.86. The van der Waals surface area contributed by atoms with E-state index < -0.39 is 17.8 Å². The zero-order valence-electron chi connectivity index (χ0n) is 35.1. The second-order valence-corrected chi connectivity index (χ2v) is 16.2. The summed E-state index contributed by atoms with van der Waals surface area (Å²) in [6.45, 7) is 4.71. The zero-order chi connectivity index (χ0) is 43.4. The molecular formula is C49H48F2N6O5. The number of aromatic nitrogens is 4. The molecule has 11 nitrogen and oxygen atoms in total. The van der Waals surface area contributed by atoms with Gasteiger partial charge in [0, 0.05) is 56.7 Å². The molecule has 5 aromatic carbocycles. The highest BCUT2D eigenvalue weighted by atomic mass is 19.3. The van der Waals surface area contributed by atoms with Crippen LogP contribution in [0.25, 0.3) is 22.0 Å². The van der Waals surface area contributed by atoms with Crippen LogP contribution < -0.4 is 15.2 Å². The summed E-state index contributed by atoms with van der Waals surface area (Å²) in [6.07, 6.45) is 3.12. The first kappa shape index (κ1) is 41.9. The molecule has 318 valence electrons. The molecule has 1 aliphatic heterocycles. The first-order valence-electron chi connectivity index (χ1n) is 20.5. The number of hydrogen-bond acceptors (Lipinski definition) is 8. The van der Waals surface area contributed by atoms with Crippen molar-refractivity contribution in [3.05, 3.63) is 178 Å². The Bertz CT molecular complexity index is 2600. The molecule has 1 saturated heterocycles. The molecule has 0 spiro atoms. The lowest BCUT2D eigenvalue weighted by Gasteiger charge is -2.36. The number of nitrogens with zero attached hydrogens (tertiary/aromatic N) is 6. The van der Waals surface area contributed by atoms with Gasteiger partial charge in [-0.25, -0.2) is 14.8 Å². The standard InChI is InChI=1S/C49H48F2N6O5/c1-48(2,3)62-47(59)56-26-24-55(25-27-56)46-52-30-37(31-53-46)35-21-22-41-42(29-35)57(54(4)44(41)58)32-36-28-34(20-23-43(36)61-45(50)51)33-60-49(38-14-8-5-9-15-38,39-16-10-6-11-17-39)40-18-12-7-13-19-40/h5-23,28-31,45H,24-27,32-33H2,1-4H3. The van der Waals surface area contributed by atoms with E-state index in [0.29, 0.717) is 48.6 Å². The summed E-state index contributed by atoms with van der Waals surface area (Å²) in [4.78, 5) is 39.2. The van der Waals surface area contributed by atoms with Gasteiger partial charge in [0.05, 0.1) is 24.1 Å². The summed E-state index contributed by atoms with van der Waals surface area (Å²) in [5.74, 6) is 0.532. The maximum absolute atomic E-state index is 13.9. The predicted molar refractivity (Wildman–Crippen MR) is 234 cm³/mol. The molecule has 0 unspecified atom stereocenters. The minimum Gasteiger partial charge on any atom is -0.444 e. The van der Waals surface area contributed by atoms with E-state index in [1.807, 2.05) is 129 Å². The van der Waals surface area contributed by atoms with E-state index in [1.54, 1.807) is 47.2 Å². The Morgan fingerprint density at radius 3 is 1.87 bits per heavy atom. The highest BCUT2D eigenvalue weighted by Gasteiger charge is 2.37. The van der Waals surface area contributed by atoms with Crippen LogP contribution in [0.4, 0.5) is 19.5 Å². The van der Waals surface area contributed by atoms with Crippen molar-refractivity contribution >= 4 is 22.9 Å². The number of fused-ring (bicyclic) bond motifs is 1. The number of carbonyl (C=O) groups is 1. The number of rotatable bonds is 12. The van der Waals surface area contributed by atoms with Crippen LogP contribution in [0.5, 0.6) is 5.75 Å². The van der Waals surface area contributed by atoms with Gasteiger partial charge in [0.1, 0.15) is 17.0 Å². The number of ether oxygens (including phenoxy) is 3. The summed E-state index contributed by atoms with van der Waals surface area (Å²) in [5.41, 5.74) is 4.23. The molecule has 0 bridgehead atoms. The van der Waals surface area contributed by atoms with Gasteiger partial charge in [-0.1, -0.05) is 103 Å². The van der Waals surface area contributed by atoms with E-state index in [9.17, 15) is 18.4 Å². The van der Waals surface area contributed by atoms with Crippen LogP contribution >= 0.6 is 0 Å². The minimum atomic E-state index is -3.06. The lowest BCUT2D eigenvalue weighted by molar-refractivity contribution is -0.0505. The molecule has 3 heterocycles. The van der Waals surface area contributed by atoms with E-state index in [-0.39, 0.29) is 30.6 Å². The van der Waals surface area contributed by atoms with Crippen LogP contribution in [-0.2, 0) is 35.3 Å². The number of benzene rings is 5. The first-order chi connectivity index (χ1) is 29.9. The van der Waals surface area contributed by atoms with Crippen molar-refractivity contribution in [3.63, 3.8) is 0 Å². The summed E-state index contributed by atoms with van der Waals surface area (Å²) in [6, 6.07) is 40.5. The third-order valence-corrected chi connectivity index (χ3v) is 11.0. The molecule has 0 N–H and O–H groups in total. The van der Waals surface area contributed by atoms with Crippen molar-refractivity contribution < 1.29 is 27.8 Å². The summed E-state index contributed by atoms with van der Waals surface area (Å²) in [5, 5.41) is 0.464. The Morgan fingerprint density at radius 2 is 1.32 bits per heavy atom. The highest BCUT2D eigenvalue weighted by molar-refractivity contribution is 5.84. The number of alkyl halides is 2. The highest BCUT2D eigenvalue weighted by Crippen LogP contribution is 2.41. The van der Waals surface area contributed by atoms with Crippen LogP contribution in [-0.4, -0.2) is 68.7 Å². The fourth-order valence-electron chi connectivity index (χ4n) is 7.97. The van der Waals surface area contributed by atoms with E-state index in [2.05, 4.69) is 9.97 Å². The average Bonchev–Trinajstić information content (AvgIpc) is 3.52. The molecule has 1 aliphatic rings. The molecule has 62 heavy (non-hydrogen) atoms. The van der Waals surface area contributed by atoms with Gasteiger partial charge in [0.2, 0.25) is 5.95 Å². The van der Waals surface area contributed by atoms with Gasteiger partial charge in [-0.3, -0.25) is 14.2 Å². The molecule has 0 saturated carbocycles. The molecule has 0 atom stereocenters. The Labute approximate surface area is 358 Å². The number of hydrogen-bond donors (Lipinski definition) is 0. The third-order valence-electron chi connectivity index (χ3n) is 11.0. The normalized spacial score (nSPS) is 13.5. The second kappa shape index (κ2) is 17.6. The van der Waals surface area contributed by atoms with Crippen molar-refractivity contribution in [1.29, 1.82) is 0 Å². The van der Waals surface area contributed by atoms with Gasteiger partial charge < -0.3 is 24.0 Å². The van der Waals surface area contributed by atoms with Crippen molar-refractivity contribution in [2.45, 2.75) is 51.7 Å². The number of halogens is 2. The smallest absolute Gasteiger partial charge is 0.410 e. The monoisotopic (exact) mass is 838 g/mol. The summed E-state index contributed by atoms with van der Waals surface area (Å²) < 4.78 is 48.6. The Morgan fingerprint density at radius 1 is 0.742 bits per heavy atom. The van der Waals surface area contributed by atoms with Gasteiger partial charge in [-0.05, 0) is 72.9 Å². The molecular weight excluding hydrogens is 791 g/mol. The number of anilines is 1. The minimum absolute atomic E-state index is 0.00874. The molecule has 2 aromatic heterocycles. The third kappa shape index (κ3) is 8.80. The van der Waals surface area contributed by atoms with Crippen LogP contribution in [0.3, 0.4) is 0 Å². The number of amides is 1. The molecule has 1 amide bonds. The second-order valence-electron chi connectivity index (χ2n) is 16.2. The average molecular weight is 839 g/mol. The summed E-state index contributed by atoms with van der Waals surface area (Å²) >= 11 is 0. The largest absolute Gasteiger partial charge is 0.444 e. The van der Waals surface area contributed by atoms with Crippen LogP contribution in [0.15, 0.2) is 145 Å². The molecule has 0 radical (unpaired) electrons. The van der Waals surface area contributed by atoms with Gasteiger partial charge in [0.25, 0.3) is 5.56 Å². The van der Waals surface area contributed by atoms with Crippen LogP contribution in [0, 0.1) is 0 Å². The van der Waals surface area contributed by atoms with Gasteiger partial charge >= 0.3 is 12.7 Å². The van der Waals surface area contributed by atoms with Gasteiger partial charge in [-0.15, -0.1) is 0 Å². The van der Waals surface area contributed by atoms with Gasteiger partial charge in [0.15, 0.2) is 0 Å². The van der Waals surface area contributed by atoms with E-state index in [4.69, 9.17) is 14.2 Å². The fraction of sp³-hybridized carbons (Fsp3) is 0.265. The quantitative estimate of drug-likeness (QED) is 0.112. The molecule has 1 fully saturated rings. The number of piperazine rings is 1. The fourth-order valence-corrected chi connectivity index (χ4v) is 7.97. The van der Waals surface area contributed by atoms with Crippen LogP contribution in [0.1, 0.15) is 48.6 Å². The van der Waals surface area contributed by atoms with E-state index in [0.717, 1.165) is 33.4 Å². The topological polar surface area (TPSA) is 104 Å². The lowest BCUT2D eigenvalue weighted by atomic mass is 9.80. The predicted octanol–water partition coefficient (Wildman–Crippen LogP) is 9.01.